The average Bonchev–Trinajstić information content (AvgIpc) is 2.15. The largest absolute Gasteiger partial charge is 0.391 e. The van der Waals surface area contributed by atoms with Gasteiger partial charge in [0.15, 0.2) is 5.83 Å². The Hall–Kier alpha value is -0.680. The summed E-state index contributed by atoms with van der Waals surface area (Å²) in [6.45, 7) is 0. The Morgan fingerprint density at radius 1 is 0.867 bits per heavy atom. The molecule has 0 N–H and O–H groups in total. The Kier molecular flexibility index (Phi) is 3.67. The number of halogens is 6. The van der Waals surface area contributed by atoms with Crippen LogP contribution in [0.4, 0.5) is 26.3 Å². The van der Waals surface area contributed by atoms with E-state index in [1.165, 1.54) is 0 Å². The van der Waals surface area contributed by atoms with Gasteiger partial charge in [-0.05, 0) is 25.7 Å². The quantitative estimate of drug-likeness (QED) is 0.586. The molecule has 0 spiro atoms. The zero-order valence-electron chi connectivity index (χ0n) is 7.75. The first kappa shape index (κ1) is 12.4. The fourth-order valence-corrected chi connectivity index (χ4v) is 1.83. The van der Waals surface area contributed by atoms with E-state index in [0.717, 1.165) is 0 Å². The van der Waals surface area contributed by atoms with Crippen LogP contribution in [0.25, 0.3) is 0 Å². The fraction of sp³-hybridized carbons (Fsp3) is 0.778. The van der Waals surface area contributed by atoms with Gasteiger partial charge in [-0.25, -0.2) is 4.39 Å². The SMILES string of the molecule is FC(F)=C(F)[C@H]1CC[C@H](C(F)(F)F)CC1. The molecule has 15 heavy (non-hydrogen) atoms. The summed E-state index contributed by atoms with van der Waals surface area (Å²) in [5, 5.41) is 0. The first-order valence-corrected chi connectivity index (χ1v) is 4.59. The van der Waals surface area contributed by atoms with E-state index >= 15 is 0 Å². The van der Waals surface area contributed by atoms with Crippen LogP contribution in [0.2, 0.25) is 0 Å². The lowest BCUT2D eigenvalue weighted by molar-refractivity contribution is -0.183. The second-order valence-electron chi connectivity index (χ2n) is 3.70. The summed E-state index contributed by atoms with van der Waals surface area (Å²) in [5.74, 6) is -4.05. The van der Waals surface area contributed by atoms with Crippen molar-refractivity contribution in [3.63, 3.8) is 0 Å². The molecule has 1 aliphatic rings. The summed E-state index contributed by atoms with van der Waals surface area (Å²) in [4.78, 5) is 0. The van der Waals surface area contributed by atoms with E-state index in [1.807, 2.05) is 0 Å². The number of allylic oxidation sites excluding steroid dienone is 1. The van der Waals surface area contributed by atoms with E-state index in [1.54, 1.807) is 0 Å². The van der Waals surface area contributed by atoms with Crippen molar-refractivity contribution < 1.29 is 26.3 Å². The second kappa shape index (κ2) is 4.45. The molecule has 0 amide bonds. The first-order valence-electron chi connectivity index (χ1n) is 4.59. The van der Waals surface area contributed by atoms with Gasteiger partial charge in [0, 0.05) is 5.92 Å². The van der Waals surface area contributed by atoms with Gasteiger partial charge in [0.1, 0.15) is 0 Å². The Morgan fingerprint density at radius 3 is 1.67 bits per heavy atom. The van der Waals surface area contributed by atoms with Crippen molar-refractivity contribution in [3.8, 4) is 0 Å². The van der Waals surface area contributed by atoms with Gasteiger partial charge in [0.05, 0.1) is 5.92 Å². The Bertz CT molecular complexity index is 242. The van der Waals surface area contributed by atoms with Gasteiger partial charge in [-0.15, -0.1) is 0 Å². The standard InChI is InChI=1S/C9H10F6/c10-7(8(11)12)5-1-3-6(4-2-5)9(13,14)15/h5-6H,1-4H2/t5-,6-. The molecular formula is C9H10F6. The molecule has 0 unspecified atom stereocenters. The van der Waals surface area contributed by atoms with Gasteiger partial charge in [-0.3, -0.25) is 0 Å². The third kappa shape index (κ3) is 3.14. The van der Waals surface area contributed by atoms with Crippen LogP contribution in [-0.2, 0) is 0 Å². The van der Waals surface area contributed by atoms with Crippen LogP contribution in [0.1, 0.15) is 25.7 Å². The van der Waals surface area contributed by atoms with Crippen LogP contribution in [-0.4, -0.2) is 6.18 Å². The third-order valence-corrected chi connectivity index (χ3v) is 2.73. The maximum absolute atomic E-state index is 12.7. The molecule has 0 aromatic heterocycles. The summed E-state index contributed by atoms with van der Waals surface area (Å²) in [6, 6.07) is 0. The maximum atomic E-state index is 12.7. The summed E-state index contributed by atoms with van der Waals surface area (Å²) >= 11 is 0. The molecule has 6 heteroatoms. The third-order valence-electron chi connectivity index (χ3n) is 2.73. The highest BCUT2D eigenvalue weighted by Gasteiger charge is 2.42. The minimum Gasteiger partial charge on any atom is -0.206 e. The van der Waals surface area contributed by atoms with Crippen molar-refractivity contribution in [2.24, 2.45) is 11.8 Å². The van der Waals surface area contributed by atoms with Gasteiger partial charge >= 0.3 is 12.3 Å². The summed E-state index contributed by atoms with van der Waals surface area (Å²) in [6.07, 6.45) is -7.56. The summed E-state index contributed by atoms with van der Waals surface area (Å²) in [7, 11) is 0. The Balaban J connectivity index is 2.54. The van der Waals surface area contributed by atoms with Crippen molar-refractivity contribution in [3.05, 3.63) is 11.9 Å². The van der Waals surface area contributed by atoms with Crippen molar-refractivity contribution in [2.75, 3.05) is 0 Å². The predicted octanol–water partition coefficient (Wildman–Crippen LogP) is 4.43. The molecular weight excluding hydrogens is 222 g/mol. The smallest absolute Gasteiger partial charge is 0.206 e. The van der Waals surface area contributed by atoms with Crippen molar-refractivity contribution in [1.82, 2.24) is 0 Å². The summed E-state index contributed by atoms with van der Waals surface area (Å²) < 4.78 is 72.9. The highest BCUT2D eigenvalue weighted by atomic mass is 19.4. The molecule has 0 aliphatic heterocycles. The van der Waals surface area contributed by atoms with Crippen LogP contribution in [0.3, 0.4) is 0 Å². The monoisotopic (exact) mass is 232 g/mol. The molecule has 0 saturated heterocycles. The Labute approximate surface area is 83.0 Å². The lowest BCUT2D eigenvalue weighted by atomic mass is 9.81. The van der Waals surface area contributed by atoms with Gasteiger partial charge < -0.3 is 0 Å². The van der Waals surface area contributed by atoms with Crippen LogP contribution < -0.4 is 0 Å². The van der Waals surface area contributed by atoms with Crippen LogP contribution in [0.15, 0.2) is 11.9 Å². The molecule has 0 atom stereocenters. The van der Waals surface area contributed by atoms with Crippen LogP contribution in [0.5, 0.6) is 0 Å². The van der Waals surface area contributed by atoms with E-state index in [2.05, 4.69) is 0 Å². The van der Waals surface area contributed by atoms with Gasteiger partial charge in [0.25, 0.3) is 0 Å². The van der Waals surface area contributed by atoms with Crippen molar-refractivity contribution >= 4 is 0 Å². The van der Waals surface area contributed by atoms with Gasteiger partial charge in [-0.2, -0.15) is 22.0 Å². The number of hydrogen-bond donors (Lipinski definition) is 0. The van der Waals surface area contributed by atoms with Crippen molar-refractivity contribution in [1.29, 1.82) is 0 Å². The molecule has 1 fully saturated rings. The Morgan fingerprint density at radius 2 is 1.33 bits per heavy atom. The van der Waals surface area contributed by atoms with Crippen molar-refractivity contribution in [2.45, 2.75) is 31.9 Å². The molecule has 1 rings (SSSR count). The van der Waals surface area contributed by atoms with E-state index in [-0.39, 0.29) is 25.7 Å². The molecule has 0 bridgehead atoms. The molecule has 88 valence electrons. The molecule has 1 aliphatic carbocycles. The van der Waals surface area contributed by atoms with E-state index in [9.17, 15) is 26.3 Å². The van der Waals surface area contributed by atoms with E-state index in [4.69, 9.17) is 0 Å². The van der Waals surface area contributed by atoms with Crippen LogP contribution in [0, 0.1) is 11.8 Å². The number of hydrogen-bond acceptors (Lipinski definition) is 0. The zero-order valence-corrected chi connectivity index (χ0v) is 7.75. The highest BCUT2D eigenvalue weighted by Crippen LogP contribution is 2.42. The molecule has 0 nitrogen and oxygen atoms in total. The van der Waals surface area contributed by atoms with Crippen LogP contribution >= 0.6 is 0 Å². The van der Waals surface area contributed by atoms with E-state index in [0.29, 0.717) is 0 Å². The normalized spacial score (nSPS) is 27.6. The molecule has 0 aromatic carbocycles. The minimum atomic E-state index is -4.29. The molecule has 0 aromatic rings. The predicted molar refractivity (Wildman–Crippen MR) is 41.9 cm³/mol. The fourth-order valence-electron chi connectivity index (χ4n) is 1.83. The highest BCUT2D eigenvalue weighted by molar-refractivity contribution is 4.99. The van der Waals surface area contributed by atoms with Gasteiger partial charge in [0.2, 0.25) is 0 Å². The first-order chi connectivity index (χ1) is 6.82. The molecule has 0 radical (unpaired) electrons. The zero-order chi connectivity index (χ0) is 11.6. The topological polar surface area (TPSA) is 0 Å². The summed E-state index contributed by atoms with van der Waals surface area (Å²) in [5.41, 5.74) is 0. The number of rotatable bonds is 1. The molecule has 1 saturated carbocycles. The lowest BCUT2D eigenvalue weighted by Crippen LogP contribution is -2.28. The minimum absolute atomic E-state index is 0.159. The van der Waals surface area contributed by atoms with E-state index < -0.39 is 29.9 Å². The maximum Gasteiger partial charge on any atom is 0.391 e. The lowest BCUT2D eigenvalue weighted by Gasteiger charge is -2.28. The second-order valence-corrected chi connectivity index (χ2v) is 3.70. The average molecular weight is 232 g/mol. The molecule has 0 heterocycles. The number of alkyl halides is 3. The van der Waals surface area contributed by atoms with Gasteiger partial charge in [-0.1, -0.05) is 0 Å².